The van der Waals surface area contributed by atoms with Crippen molar-refractivity contribution < 1.29 is 9.90 Å². The molecule has 2 fully saturated rings. The fraction of sp³-hybridized carbons (Fsp3) is 0.714. The van der Waals surface area contributed by atoms with Crippen LogP contribution in [0.2, 0.25) is 0 Å². The minimum atomic E-state index is -0.700. The molecule has 2 rings (SSSR count). The van der Waals surface area contributed by atoms with Gasteiger partial charge in [-0.15, -0.1) is 0 Å². The molecule has 1 spiro atoms. The van der Waals surface area contributed by atoms with E-state index in [-0.39, 0.29) is 5.41 Å². The third-order valence-electron chi connectivity index (χ3n) is 2.83. The Morgan fingerprint density at radius 1 is 1.80 bits per heavy atom. The van der Waals surface area contributed by atoms with Crippen LogP contribution in [-0.2, 0) is 4.79 Å². The van der Waals surface area contributed by atoms with Crippen LogP contribution >= 0.6 is 0 Å². The van der Waals surface area contributed by atoms with Gasteiger partial charge >= 0.3 is 5.97 Å². The number of rotatable bonds is 1. The zero-order valence-corrected chi connectivity index (χ0v) is 5.85. The molecule has 0 aromatic heterocycles. The molecule has 2 aliphatic rings. The lowest BCUT2D eigenvalue weighted by molar-refractivity contribution is -0.134. The zero-order valence-electron chi connectivity index (χ0n) is 5.85. The fourth-order valence-electron chi connectivity index (χ4n) is 1.89. The highest BCUT2D eigenvalue weighted by molar-refractivity contribution is 5.91. The van der Waals surface area contributed by atoms with Gasteiger partial charge in [0.05, 0.1) is 5.92 Å². The van der Waals surface area contributed by atoms with Gasteiger partial charge < -0.3 is 10.4 Å². The predicted molar refractivity (Wildman–Crippen MR) is 35.3 cm³/mol. The quantitative estimate of drug-likeness (QED) is 0.534. The van der Waals surface area contributed by atoms with Crippen LogP contribution in [-0.4, -0.2) is 24.2 Å². The van der Waals surface area contributed by atoms with Crippen molar-refractivity contribution in [2.45, 2.75) is 6.92 Å². The summed E-state index contributed by atoms with van der Waals surface area (Å²) in [6.07, 6.45) is 0. The topological polar surface area (TPSA) is 49.3 Å². The Kier molecular flexibility index (Phi) is 0.944. The van der Waals surface area contributed by atoms with Gasteiger partial charge in [-0.05, 0) is 5.92 Å². The summed E-state index contributed by atoms with van der Waals surface area (Å²) in [6, 6.07) is 0. The maximum Gasteiger partial charge on any atom is 0.311 e. The lowest BCUT2D eigenvalue weighted by atomic mass is 9.95. The van der Waals surface area contributed by atoms with Gasteiger partial charge in [-0.3, -0.25) is 4.79 Å². The van der Waals surface area contributed by atoms with Crippen LogP contribution < -0.4 is 5.32 Å². The van der Waals surface area contributed by atoms with Gasteiger partial charge in [0, 0.05) is 18.5 Å². The monoisotopic (exact) mass is 140 g/mol. The molecule has 1 aliphatic carbocycles. The van der Waals surface area contributed by atoms with E-state index in [0.717, 1.165) is 19.0 Å². The average Bonchev–Trinajstić information content (AvgIpc) is 2.33. The molecule has 55 valence electrons. The van der Waals surface area contributed by atoms with Gasteiger partial charge in [0.2, 0.25) is 0 Å². The maximum atomic E-state index is 10.5. The Bertz CT molecular complexity index is 186. The van der Waals surface area contributed by atoms with Crippen molar-refractivity contribution in [3.8, 4) is 0 Å². The van der Waals surface area contributed by atoms with E-state index in [1.165, 1.54) is 0 Å². The standard InChI is InChI=1S/C7H10NO2/c1-4-5(6(9)10)7(4)2-8-3-7/h4,8H,2-3H2,1H3,(H,9,10). The van der Waals surface area contributed by atoms with Crippen molar-refractivity contribution in [1.29, 1.82) is 0 Å². The van der Waals surface area contributed by atoms with Crippen molar-refractivity contribution in [2.75, 3.05) is 13.1 Å². The van der Waals surface area contributed by atoms with E-state index in [0.29, 0.717) is 5.92 Å². The molecule has 2 N–H and O–H groups in total. The summed E-state index contributed by atoms with van der Waals surface area (Å²) < 4.78 is 0. The fourth-order valence-corrected chi connectivity index (χ4v) is 1.89. The van der Waals surface area contributed by atoms with E-state index in [9.17, 15) is 4.79 Å². The van der Waals surface area contributed by atoms with Crippen LogP contribution in [0.25, 0.3) is 0 Å². The number of carboxylic acids is 1. The molecule has 1 aliphatic heterocycles. The molecule has 1 saturated carbocycles. The molecular weight excluding hydrogens is 130 g/mol. The normalized spacial score (nSPS) is 35.5. The summed E-state index contributed by atoms with van der Waals surface area (Å²) in [4.78, 5) is 10.5. The SMILES string of the molecule is CC1[C](C(=O)O)C12CNC2. The molecule has 3 nitrogen and oxygen atoms in total. The molecule has 0 bridgehead atoms. The highest BCUT2D eigenvalue weighted by atomic mass is 16.4. The third kappa shape index (κ3) is 0.475. The molecule has 1 heterocycles. The number of aliphatic carboxylic acids is 1. The Morgan fingerprint density at radius 3 is 2.50 bits per heavy atom. The average molecular weight is 140 g/mol. The molecule has 1 unspecified atom stereocenters. The van der Waals surface area contributed by atoms with Gasteiger partial charge in [0.1, 0.15) is 0 Å². The van der Waals surface area contributed by atoms with Crippen LogP contribution in [0, 0.1) is 17.3 Å². The lowest BCUT2D eigenvalue weighted by Gasteiger charge is -2.28. The summed E-state index contributed by atoms with van der Waals surface area (Å²) in [5, 5.41) is 11.8. The van der Waals surface area contributed by atoms with Crippen LogP contribution in [0.15, 0.2) is 0 Å². The van der Waals surface area contributed by atoms with E-state index >= 15 is 0 Å². The van der Waals surface area contributed by atoms with E-state index in [1.807, 2.05) is 6.92 Å². The minimum Gasteiger partial charge on any atom is -0.481 e. The molecule has 1 saturated heterocycles. The highest BCUT2D eigenvalue weighted by Crippen LogP contribution is 2.62. The first-order valence-corrected chi connectivity index (χ1v) is 3.50. The van der Waals surface area contributed by atoms with Crippen molar-refractivity contribution >= 4 is 5.97 Å². The molecule has 0 aromatic carbocycles. The van der Waals surface area contributed by atoms with Crippen molar-refractivity contribution in [3.63, 3.8) is 0 Å². The molecule has 10 heavy (non-hydrogen) atoms. The highest BCUT2D eigenvalue weighted by Gasteiger charge is 2.69. The number of carboxylic acid groups (broad SMARTS) is 1. The Hall–Kier alpha value is -0.570. The van der Waals surface area contributed by atoms with Crippen LogP contribution in [0.3, 0.4) is 0 Å². The van der Waals surface area contributed by atoms with E-state index < -0.39 is 5.97 Å². The maximum absolute atomic E-state index is 10.5. The molecule has 1 radical (unpaired) electrons. The number of hydrogen-bond acceptors (Lipinski definition) is 2. The largest absolute Gasteiger partial charge is 0.481 e. The molecule has 0 amide bonds. The zero-order chi connectivity index (χ0) is 7.35. The number of hydrogen-bond donors (Lipinski definition) is 2. The van der Waals surface area contributed by atoms with Crippen LogP contribution in [0.1, 0.15) is 6.92 Å². The van der Waals surface area contributed by atoms with Gasteiger partial charge in [0.15, 0.2) is 0 Å². The summed E-state index contributed by atoms with van der Waals surface area (Å²) in [6.45, 7) is 3.73. The minimum absolute atomic E-state index is 0.0752. The second kappa shape index (κ2) is 1.53. The van der Waals surface area contributed by atoms with E-state index in [1.54, 1.807) is 0 Å². The van der Waals surface area contributed by atoms with Gasteiger partial charge in [-0.25, -0.2) is 0 Å². The second-order valence-corrected chi connectivity index (χ2v) is 3.20. The van der Waals surface area contributed by atoms with Crippen molar-refractivity contribution in [3.05, 3.63) is 5.92 Å². The molecular formula is C7H10NO2. The smallest absolute Gasteiger partial charge is 0.311 e. The Labute approximate surface area is 59.4 Å². The predicted octanol–water partition coefficient (Wildman–Crippen LogP) is -0.115. The van der Waals surface area contributed by atoms with Crippen molar-refractivity contribution in [1.82, 2.24) is 5.32 Å². The summed E-state index contributed by atoms with van der Waals surface area (Å²) in [7, 11) is 0. The van der Waals surface area contributed by atoms with E-state index in [2.05, 4.69) is 5.32 Å². The Balaban J connectivity index is 2.10. The van der Waals surface area contributed by atoms with Gasteiger partial charge in [-0.1, -0.05) is 6.92 Å². The van der Waals surface area contributed by atoms with Crippen molar-refractivity contribution in [2.24, 2.45) is 11.3 Å². The number of carbonyl (C=O) groups is 1. The summed E-state index contributed by atoms with van der Waals surface area (Å²) in [5.41, 5.74) is 0.0752. The number of nitrogens with one attached hydrogen (secondary N) is 1. The summed E-state index contributed by atoms with van der Waals surface area (Å²) >= 11 is 0. The van der Waals surface area contributed by atoms with E-state index in [4.69, 9.17) is 5.11 Å². The lowest BCUT2D eigenvalue weighted by Crippen LogP contribution is -2.46. The first kappa shape index (κ1) is 6.16. The van der Waals surface area contributed by atoms with Crippen LogP contribution in [0.5, 0.6) is 0 Å². The summed E-state index contributed by atoms with van der Waals surface area (Å²) in [5.74, 6) is 0.339. The second-order valence-electron chi connectivity index (χ2n) is 3.20. The third-order valence-corrected chi connectivity index (χ3v) is 2.83. The van der Waals surface area contributed by atoms with Gasteiger partial charge in [-0.2, -0.15) is 0 Å². The van der Waals surface area contributed by atoms with Gasteiger partial charge in [0.25, 0.3) is 0 Å². The molecule has 0 aromatic rings. The van der Waals surface area contributed by atoms with Crippen LogP contribution in [0.4, 0.5) is 0 Å². The molecule has 3 heteroatoms. The first-order valence-electron chi connectivity index (χ1n) is 3.50. The first-order chi connectivity index (χ1) is 4.68. The molecule has 1 atom stereocenters. The Morgan fingerprint density at radius 2 is 2.40 bits per heavy atom.